The van der Waals surface area contributed by atoms with Gasteiger partial charge in [0.25, 0.3) is 0 Å². The summed E-state index contributed by atoms with van der Waals surface area (Å²) < 4.78 is 17.6. The molecule has 5 aliphatic rings. The number of ether oxygens (including phenoxy) is 3. The van der Waals surface area contributed by atoms with Crippen LogP contribution >= 0.6 is 0 Å². The first-order valence-electron chi connectivity index (χ1n) is 11.8. The lowest BCUT2D eigenvalue weighted by atomic mass is 9.57. The minimum atomic E-state index is -1.54. The zero-order valence-corrected chi connectivity index (χ0v) is 19.8. The molecule has 8 nitrogen and oxygen atoms in total. The monoisotopic (exact) mass is 452 g/mol. The number of fused-ring (bicyclic) bond motifs is 4. The molecule has 32 heavy (non-hydrogen) atoms. The molecule has 0 amide bonds. The van der Waals surface area contributed by atoms with Crippen LogP contribution in [0.2, 0.25) is 0 Å². The lowest BCUT2D eigenvalue weighted by Gasteiger charge is -2.52. The molecule has 4 saturated carbocycles. The van der Waals surface area contributed by atoms with E-state index in [-0.39, 0.29) is 30.5 Å². The molecule has 1 saturated heterocycles. The molecule has 0 aromatic heterocycles. The molecule has 5 rings (SSSR count). The Balaban J connectivity index is 1.72. The average Bonchev–Trinajstić information content (AvgIpc) is 3.35. The van der Waals surface area contributed by atoms with E-state index in [1.54, 1.807) is 13.8 Å². The summed E-state index contributed by atoms with van der Waals surface area (Å²) in [5.74, 6) is -2.31. The highest BCUT2D eigenvalue weighted by molar-refractivity contribution is 5.67. The first kappa shape index (κ1) is 22.6. The lowest BCUT2D eigenvalue weighted by molar-refractivity contribution is -0.230. The minimum Gasteiger partial charge on any atom is -0.462 e. The molecule has 5 fully saturated rings. The summed E-state index contributed by atoms with van der Waals surface area (Å²) in [5, 5.41) is 35.9. The van der Waals surface area contributed by atoms with Crippen LogP contribution in [0.3, 0.4) is 0 Å². The summed E-state index contributed by atoms with van der Waals surface area (Å²) >= 11 is 0. The number of rotatable bonds is 2. The van der Waals surface area contributed by atoms with Crippen LogP contribution in [-0.4, -0.2) is 68.5 Å². The molecule has 4 aliphatic carbocycles. The fourth-order valence-electron chi connectivity index (χ4n) is 8.91. The van der Waals surface area contributed by atoms with Gasteiger partial charge in [-0.25, -0.2) is 0 Å². The molecule has 2 bridgehead atoms. The largest absolute Gasteiger partial charge is 0.462 e. The molecule has 0 aromatic rings. The van der Waals surface area contributed by atoms with E-state index in [0.717, 1.165) is 0 Å². The summed E-state index contributed by atoms with van der Waals surface area (Å²) in [6, 6.07) is 0. The van der Waals surface area contributed by atoms with E-state index in [2.05, 4.69) is 0 Å². The lowest BCUT2D eigenvalue weighted by Crippen LogP contribution is -2.63. The van der Waals surface area contributed by atoms with Crippen LogP contribution in [0.15, 0.2) is 0 Å². The molecule has 1 spiro atoms. The van der Waals surface area contributed by atoms with Gasteiger partial charge in [-0.2, -0.15) is 0 Å². The number of hydrogen-bond acceptors (Lipinski definition) is 8. The second kappa shape index (κ2) is 6.26. The zero-order valence-electron chi connectivity index (χ0n) is 19.8. The van der Waals surface area contributed by atoms with Crippen LogP contribution in [0.5, 0.6) is 0 Å². The number of carbonyl (C=O) groups excluding carboxylic acids is 2. The van der Waals surface area contributed by atoms with Crippen molar-refractivity contribution in [3.8, 4) is 0 Å². The van der Waals surface area contributed by atoms with Gasteiger partial charge in [0, 0.05) is 36.5 Å². The van der Waals surface area contributed by atoms with Crippen molar-refractivity contribution in [2.75, 3.05) is 0 Å². The Morgan fingerprint density at radius 2 is 1.59 bits per heavy atom. The Kier molecular flexibility index (Phi) is 4.41. The number of carbonyl (C=O) groups is 2. The van der Waals surface area contributed by atoms with Crippen molar-refractivity contribution in [1.82, 2.24) is 0 Å². The van der Waals surface area contributed by atoms with Gasteiger partial charge in [0.05, 0.1) is 23.4 Å². The summed E-state index contributed by atoms with van der Waals surface area (Å²) in [6.45, 7) is 9.95. The van der Waals surface area contributed by atoms with E-state index in [1.807, 2.05) is 13.8 Å². The molecule has 2 unspecified atom stereocenters. The Morgan fingerprint density at radius 1 is 0.969 bits per heavy atom. The number of aliphatic hydroxyl groups is 3. The van der Waals surface area contributed by atoms with Crippen LogP contribution in [-0.2, 0) is 23.8 Å². The normalized spacial score (nSPS) is 57.0. The van der Waals surface area contributed by atoms with E-state index < -0.39 is 57.7 Å². The van der Waals surface area contributed by atoms with Crippen molar-refractivity contribution >= 4 is 11.9 Å². The first-order chi connectivity index (χ1) is 14.6. The average molecular weight is 453 g/mol. The van der Waals surface area contributed by atoms with Crippen molar-refractivity contribution in [2.24, 2.45) is 28.6 Å². The standard InChI is InChI=1S/C24H36O8/c1-11(25)30-15-9-23-10-21(5,27)13(18(23)31-12(2)26)7-8-14(23)22(6,28)17-16-19(32-16)20(3,4)24(15,17)29/h13-19,27-29H,7-10H2,1-6H3/t13-,14-,15+,16-,17-,18?,19-,21+,22+,23?,24+/m0/s1. The van der Waals surface area contributed by atoms with Crippen molar-refractivity contribution in [1.29, 1.82) is 0 Å². The molecule has 8 heteroatoms. The first-order valence-corrected chi connectivity index (χ1v) is 11.8. The highest BCUT2D eigenvalue weighted by Crippen LogP contribution is 2.73. The molecule has 3 N–H and O–H groups in total. The molecular formula is C24H36O8. The van der Waals surface area contributed by atoms with Crippen molar-refractivity contribution in [3.63, 3.8) is 0 Å². The molecule has 0 aromatic carbocycles. The third-order valence-electron chi connectivity index (χ3n) is 9.94. The number of hydrogen-bond donors (Lipinski definition) is 3. The molecule has 11 atom stereocenters. The Hall–Kier alpha value is -1.22. The van der Waals surface area contributed by atoms with E-state index in [4.69, 9.17) is 14.2 Å². The van der Waals surface area contributed by atoms with Gasteiger partial charge in [0.15, 0.2) is 0 Å². The van der Waals surface area contributed by atoms with Gasteiger partial charge in [-0.05, 0) is 45.4 Å². The Morgan fingerprint density at radius 3 is 2.19 bits per heavy atom. The van der Waals surface area contributed by atoms with Gasteiger partial charge in [-0.15, -0.1) is 0 Å². The highest BCUT2D eigenvalue weighted by atomic mass is 16.6. The molecule has 180 valence electrons. The summed E-state index contributed by atoms with van der Waals surface area (Å²) in [6.07, 6.45) is -0.447. The van der Waals surface area contributed by atoms with Crippen molar-refractivity contribution in [2.45, 2.75) is 108 Å². The predicted molar refractivity (Wildman–Crippen MR) is 111 cm³/mol. The fraction of sp³-hybridized carbons (Fsp3) is 0.917. The van der Waals surface area contributed by atoms with Gasteiger partial charge in [0.2, 0.25) is 0 Å². The number of epoxide rings is 1. The van der Waals surface area contributed by atoms with Crippen LogP contribution in [0.25, 0.3) is 0 Å². The predicted octanol–water partition coefficient (Wildman–Crippen LogP) is 1.33. The van der Waals surface area contributed by atoms with Crippen LogP contribution in [0.1, 0.15) is 67.2 Å². The van der Waals surface area contributed by atoms with Crippen LogP contribution in [0.4, 0.5) is 0 Å². The maximum absolute atomic E-state index is 12.3. The minimum absolute atomic E-state index is 0.202. The maximum atomic E-state index is 12.3. The van der Waals surface area contributed by atoms with E-state index in [1.165, 1.54) is 13.8 Å². The second-order valence-corrected chi connectivity index (χ2v) is 12.1. The summed E-state index contributed by atoms with van der Waals surface area (Å²) in [5.41, 5.74) is -5.65. The van der Waals surface area contributed by atoms with Crippen LogP contribution in [0, 0.1) is 28.6 Å². The van der Waals surface area contributed by atoms with E-state index in [9.17, 15) is 24.9 Å². The van der Waals surface area contributed by atoms with Crippen molar-refractivity contribution < 1.29 is 39.1 Å². The quantitative estimate of drug-likeness (QED) is 0.423. The van der Waals surface area contributed by atoms with Gasteiger partial charge in [-0.1, -0.05) is 13.8 Å². The van der Waals surface area contributed by atoms with Gasteiger partial charge >= 0.3 is 11.9 Å². The Bertz CT molecular complexity index is 864. The SMILES string of the molecule is CC(=O)OC1[C@@H]2CC[C@@H]3C1(C[C@@H](OC(C)=O)[C@@]1(O)[C@@H]([C@@H]4O[C@@H]4C1(C)C)[C@]3(C)O)C[C@@]2(C)O. The molecule has 1 aliphatic heterocycles. The van der Waals surface area contributed by atoms with Gasteiger partial charge in [0.1, 0.15) is 17.8 Å². The smallest absolute Gasteiger partial charge is 0.303 e. The third kappa shape index (κ3) is 2.53. The Labute approximate surface area is 188 Å². The zero-order chi connectivity index (χ0) is 23.6. The maximum Gasteiger partial charge on any atom is 0.303 e. The van der Waals surface area contributed by atoms with Gasteiger partial charge in [-0.3, -0.25) is 9.59 Å². The summed E-state index contributed by atoms with van der Waals surface area (Å²) in [7, 11) is 0. The fourth-order valence-corrected chi connectivity index (χ4v) is 8.91. The molecular weight excluding hydrogens is 416 g/mol. The molecule has 0 radical (unpaired) electrons. The topological polar surface area (TPSA) is 126 Å². The van der Waals surface area contributed by atoms with Crippen LogP contribution < -0.4 is 0 Å². The second-order valence-electron chi connectivity index (χ2n) is 12.1. The van der Waals surface area contributed by atoms with E-state index >= 15 is 0 Å². The van der Waals surface area contributed by atoms with E-state index in [0.29, 0.717) is 19.3 Å². The third-order valence-corrected chi connectivity index (χ3v) is 9.94. The van der Waals surface area contributed by atoms with Gasteiger partial charge < -0.3 is 29.5 Å². The molecule has 1 heterocycles. The highest BCUT2D eigenvalue weighted by Gasteiger charge is 2.84. The summed E-state index contributed by atoms with van der Waals surface area (Å²) in [4.78, 5) is 24.3. The number of esters is 2. The van der Waals surface area contributed by atoms with Crippen molar-refractivity contribution in [3.05, 3.63) is 0 Å².